The van der Waals surface area contributed by atoms with Crippen molar-refractivity contribution < 1.29 is 28.6 Å². The lowest BCUT2D eigenvalue weighted by Crippen LogP contribution is -2.81. The minimum absolute atomic E-state index is 0.0780. The van der Waals surface area contributed by atoms with E-state index in [9.17, 15) is 23.9 Å². The van der Waals surface area contributed by atoms with Crippen molar-refractivity contribution in [2.24, 2.45) is 0 Å². The number of likely N-dealkylation sites (tertiary alicyclic amines) is 1. The van der Waals surface area contributed by atoms with Gasteiger partial charge in [0.25, 0.3) is 5.91 Å². The number of halogens is 1. The van der Waals surface area contributed by atoms with Crippen molar-refractivity contribution in [3.05, 3.63) is 71.0 Å². The second-order valence-electron chi connectivity index (χ2n) is 9.24. The summed E-state index contributed by atoms with van der Waals surface area (Å²) in [6, 6.07) is 12.6. The van der Waals surface area contributed by atoms with Gasteiger partial charge in [0.1, 0.15) is 11.4 Å². The first kappa shape index (κ1) is 22.6. The fraction of sp³-hybridized carbons (Fsp3) is 0.400. The Hall–Kier alpha value is -3.14. The fourth-order valence-electron chi connectivity index (χ4n) is 5.36. The van der Waals surface area contributed by atoms with Crippen LogP contribution in [0.15, 0.2) is 48.5 Å². The minimum atomic E-state index is -0.923. The van der Waals surface area contributed by atoms with E-state index in [1.807, 2.05) is 9.80 Å². The van der Waals surface area contributed by atoms with Gasteiger partial charge in [0.05, 0.1) is 31.4 Å². The zero-order valence-electron chi connectivity index (χ0n) is 18.8. The number of benzene rings is 2. The minimum Gasteiger partial charge on any atom is -0.465 e. The molecule has 2 aromatic rings. The van der Waals surface area contributed by atoms with Gasteiger partial charge in [-0.1, -0.05) is 30.3 Å². The molecule has 9 heteroatoms. The Morgan fingerprint density at radius 1 is 1.12 bits per heavy atom. The van der Waals surface area contributed by atoms with Crippen LogP contribution in [0.3, 0.4) is 0 Å². The summed E-state index contributed by atoms with van der Waals surface area (Å²) in [6.45, 7) is 1.42. The van der Waals surface area contributed by atoms with Gasteiger partial charge in [-0.05, 0) is 30.2 Å². The molecule has 0 saturated carbocycles. The van der Waals surface area contributed by atoms with E-state index in [2.05, 4.69) is 0 Å². The molecule has 0 bridgehead atoms. The molecule has 178 valence electrons. The van der Waals surface area contributed by atoms with E-state index in [1.165, 1.54) is 18.1 Å². The molecule has 2 atom stereocenters. The second-order valence-corrected chi connectivity index (χ2v) is 9.24. The van der Waals surface area contributed by atoms with Crippen LogP contribution in [0.4, 0.5) is 4.39 Å². The average molecular weight is 467 g/mol. The lowest BCUT2D eigenvalue weighted by Gasteiger charge is -2.58. The van der Waals surface area contributed by atoms with Crippen LogP contribution in [0.2, 0.25) is 0 Å². The fourth-order valence-corrected chi connectivity index (χ4v) is 5.36. The second kappa shape index (κ2) is 8.57. The van der Waals surface area contributed by atoms with Crippen molar-refractivity contribution in [1.29, 1.82) is 0 Å². The summed E-state index contributed by atoms with van der Waals surface area (Å²) >= 11 is 0. The molecule has 2 aromatic carbocycles. The van der Waals surface area contributed by atoms with Crippen LogP contribution >= 0.6 is 0 Å². The number of methoxy groups -OCH3 is 1. The van der Waals surface area contributed by atoms with E-state index in [4.69, 9.17) is 4.74 Å². The van der Waals surface area contributed by atoms with Gasteiger partial charge in [-0.2, -0.15) is 0 Å². The molecule has 1 N–H and O–H groups in total. The highest BCUT2D eigenvalue weighted by Gasteiger charge is 2.64. The number of aliphatic hydroxyl groups excluding tert-OH is 1. The molecule has 3 saturated heterocycles. The van der Waals surface area contributed by atoms with Crippen molar-refractivity contribution in [3.63, 3.8) is 0 Å². The van der Waals surface area contributed by atoms with Crippen LogP contribution < -0.4 is 0 Å². The summed E-state index contributed by atoms with van der Waals surface area (Å²) in [5, 5.41) is 10.3. The molecule has 3 heterocycles. The van der Waals surface area contributed by atoms with Gasteiger partial charge in [-0.3, -0.25) is 24.3 Å². The van der Waals surface area contributed by atoms with Crippen molar-refractivity contribution in [2.75, 3.05) is 26.7 Å². The summed E-state index contributed by atoms with van der Waals surface area (Å²) in [6.07, 6.45) is -0.405. The predicted octanol–water partition coefficient (Wildman–Crippen LogP) is 1.17. The summed E-state index contributed by atoms with van der Waals surface area (Å²) in [5.74, 6) is -1.38. The Kier molecular flexibility index (Phi) is 5.71. The molecule has 2 amide bonds. The summed E-state index contributed by atoms with van der Waals surface area (Å²) in [7, 11) is 1.30. The highest BCUT2D eigenvalue weighted by Crippen LogP contribution is 2.41. The molecule has 2 unspecified atom stereocenters. The van der Waals surface area contributed by atoms with Crippen molar-refractivity contribution in [1.82, 2.24) is 14.7 Å². The Morgan fingerprint density at radius 3 is 2.50 bits per heavy atom. The molecular weight excluding hydrogens is 441 g/mol. The normalized spacial score (nSPS) is 24.3. The molecule has 1 spiro atoms. The number of carbonyl (C=O) groups excluding carboxylic acids is 3. The number of β-amino-alcohol motifs (C(OH)–C–C–N with tert-alkyl or cyclic N) is 1. The highest BCUT2D eigenvalue weighted by molar-refractivity contribution is 6.06. The molecule has 3 aliphatic heterocycles. The van der Waals surface area contributed by atoms with E-state index in [0.29, 0.717) is 36.3 Å². The van der Waals surface area contributed by atoms with Crippen LogP contribution in [-0.2, 0) is 27.4 Å². The molecule has 0 aromatic heterocycles. The van der Waals surface area contributed by atoms with E-state index < -0.39 is 23.7 Å². The molecule has 0 aliphatic carbocycles. The van der Waals surface area contributed by atoms with Gasteiger partial charge in [-0.25, -0.2) is 9.18 Å². The number of esters is 1. The lowest BCUT2D eigenvalue weighted by molar-refractivity contribution is -0.181. The average Bonchev–Trinajstić information content (AvgIpc) is 3.21. The number of fused-ring (bicyclic) bond motifs is 2. The quantitative estimate of drug-likeness (QED) is 0.522. The zero-order chi connectivity index (χ0) is 24.0. The maximum Gasteiger partial charge on any atom is 0.337 e. The Balaban J connectivity index is 1.37. The maximum atomic E-state index is 14.1. The van der Waals surface area contributed by atoms with Crippen molar-refractivity contribution in [2.45, 2.75) is 37.2 Å². The number of rotatable bonds is 5. The number of nitrogens with zero attached hydrogens (tertiary/aromatic N) is 3. The number of hydrogen-bond acceptors (Lipinski definition) is 7. The monoisotopic (exact) mass is 467 g/mol. The molecular formula is C25H26FN3O5. The first-order valence-electron chi connectivity index (χ1n) is 11.3. The third kappa shape index (κ3) is 3.70. The van der Waals surface area contributed by atoms with E-state index in [-0.39, 0.29) is 37.1 Å². The number of hydrogen-bond donors (Lipinski definition) is 1. The molecule has 34 heavy (non-hydrogen) atoms. The molecule has 5 rings (SSSR count). The van der Waals surface area contributed by atoms with Crippen LogP contribution in [0, 0.1) is 5.82 Å². The van der Waals surface area contributed by atoms with Crippen molar-refractivity contribution >= 4 is 17.8 Å². The number of ether oxygens (including phenoxy) is 1. The van der Waals surface area contributed by atoms with Gasteiger partial charge in [-0.15, -0.1) is 0 Å². The Morgan fingerprint density at radius 2 is 1.82 bits per heavy atom. The van der Waals surface area contributed by atoms with Crippen LogP contribution in [-0.4, -0.2) is 82.0 Å². The number of amides is 2. The van der Waals surface area contributed by atoms with Gasteiger partial charge in [0, 0.05) is 31.7 Å². The van der Waals surface area contributed by atoms with E-state index in [1.54, 1.807) is 42.5 Å². The van der Waals surface area contributed by atoms with Crippen LogP contribution in [0.1, 0.15) is 27.9 Å². The van der Waals surface area contributed by atoms with E-state index in [0.717, 1.165) is 0 Å². The van der Waals surface area contributed by atoms with Gasteiger partial charge >= 0.3 is 5.97 Å². The standard InChI is InChI=1S/C25H26FN3O5/c1-34-23(32)17-8-6-16(7-9-17)11-28-22(31)21-10-19(30)13-29(21)25(24(28)33)14-27(15-25)12-18-4-2-3-5-20(18)26/h2-9,19,21,30H,10-15H2,1H3. The van der Waals surface area contributed by atoms with Crippen LogP contribution in [0.5, 0.6) is 0 Å². The number of carbonyl (C=O) groups is 3. The third-order valence-electron chi connectivity index (χ3n) is 7.06. The van der Waals surface area contributed by atoms with Crippen molar-refractivity contribution in [3.8, 4) is 0 Å². The summed E-state index contributed by atoms with van der Waals surface area (Å²) in [4.78, 5) is 43.7. The number of imide groups is 1. The SMILES string of the molecule is COC(=O)c1ccc(CN2C(=O)C3CC(O)CN3C3(CN(Cc4ccccc4F)C3)C2=O)cc1. The third-order valence-corrected chi connectivity index (χ3v) is 7.06. The number of aliphatic hydroxyl groups is 1. The largest absolute Gasteiger partial charge is 0.465 e. The highest BCUT2D eigenvalue weighted by atomic mass is 19.1. The predicted molar refractivity (Wildman–Crippen MR) is 119 cm³/mol. The molecule has 0 radical (unpaired) electrons. The summed E-state index contributed by atoms with van der Waals surface area (Å²) < 4.78 is 18.8. The van der Waals surface area contributed by atoms with Gasteiger partial charge in [0.15, 0.2) is 0 Å². The Labute approximate surface area is 196 Å². The first-order chi connectivity index (χ1) is 16.3. The smallest absolute Gasteiger partial charge is 0.337 e. The van der Waals surface area contributed by atoms with Gasteiger partial charge < -0.3 is 9.84 Å². The lowest BCUT2D eigenvalue weighted by atomic mass is 9.82. The molecule has 8 nitrogen and oxygen atoms in total. The Bertz CT molecular complexity index is 1130. The first-order valence-corrected chi connectivity index (χ1v) is 11.3. The topological polar surface area (TPSA) is 90.4 Å². The zero-order valence-corrected chi connectivity index (χ0v) is 18.8. The molecule has 3 fully saturated rings. The molecule has 3 aliphatic rings. The van der Waals surface area contributed by atoms with E-state index >= 15 is 0 Å². The maximum absolute atomic E-state index is 14.1. The number of piperazine rings is 1. The summed E-state index contributed by atoms with van der Waals surface area (Å²) in [5.41, 5.74) is 0.718. The van der Waals surface area contributed by atoms with Gasteiger partial charge in [0.2, 0.25) is 5.91 Å². The van der Waals surface area contributed by atoms with Crippen LogP contribution in [0.25, 0.3) is 0 Å².